The van der Waals surface area contributed by atoms with Crippen LogP contribution >= 0.6 is 0 Å². The van der Waals surface area contributed by atoms with E-state index in [1.54, 1.807) is 4.68 Å². The van der Waals surface area contributed by atoms with Gasteiger partial charge in [0, 0.05) is 35.8 Å². The van der Waals surface area contributed by atoms with Gasteiger partial charge in [-0.3, -0.25) is 9.69 Å². The second-order valence-corrected chi connectivity index (χ2v) is 7.88. The number of aryl methyl sites for hydroxylation is 3. The Hall–Kier alpha value is -3.85. The molecule has 0 radical (unpaired) electrons. The third kappa shape index (κ3) is 5.06. The predicted octanol–water partition coefficient (Wildman–Crippen LogP) is 2.84. The molecule has 0 aliphatic carbocycles. The molecular formula is C23H26N8O. The van der Waals surface area contributed by atoms with Crippen LogP contribution in [0.3, 0.4) is 0 Å². The molecule has 1 amide bonds. The number of benzene rings is 1. The van der Waals surface area contributed by atoms with Crippen LogP contribution in [-0.4, -0.2) is 53.9 Å². The molecule has 1 N–H and O–H groups in total. The summed E-state index contributed by atoms with van der Waals surface area (Å²) in [4.78, 5) is 23.5. The van der Waals surface area contributed by atoms with Crippen LogP contribution in [0.2, 0.25) is 0 Å². The van der Waals surface area contributed by atoms with Crippen LogP contribution in [0.15, 0.2) is 54.9 Å². The first kappa shape index (κ1) is 21.4. The van der Waals surface area contributed by atoms with Crippen molar-refractivity contribution in [2.75, 3.05) is 18.9 Å². The van der Waals surface area contributed by atoms with Crippen LogP contribution in [0.5, 0.6) is 0 Å². The lowest BCUT2D eigenvalue weighted by molar-refractivity contribution is -0.117. The third-order valence-corrected chi connectivity index (χ3v) is 4.78. The minimum atomic E-state index is -0.145. The molecule has 0 aliphatic heterocycles. The minimum Gasteiger partial charge on any atom is -0.309 e. The number of anilines is 1. The van der Waals surface area contributed by atoms with Gasteiger partial charge in [0.1, 0.15) is 5.82 Å². The van der Waals surface area contributed by atoms with Crippen LogP contribution < -0.4 is 5.32 Å². The highest BCUT2D eigenvalue weighted by Crippen LogP contribution is 2.15. The lowest BCUT2D eigenvalue weighted by Crippen LogP contribution is -2.30. The summed E-state index contributed by atoms with van der Waals surface area (Å²) in [6.45, 7) is 6.49. The highest BCUT2D eigenvalue weighted by atomic mass is 16.2. The van der Waals surface area contributed by atoms with E-state index in [9.17, 15) is 4.79 Å². The monoisotopic (exact) mass is 430 g/mol. The smallest absolute Gasteiger partial charge is 0.252 e. The second-order valence-electron chi connectivity index (χ2n) is 7.88. The molecule has 4 aromatic rings. The van der Waals surface area contributed by atoms with Crippen LogP contribution in [0.4, 0.5) is 5.82 Å². The lowest BCUT2D eigenvalue weighted by atomic mass is 10.3. The topological polar surface area (TPSA) is 93.8 Å². The molecule has 0 aliphatic rings. The maximum Gasteiger partial charge on any atom is 0.252 e. The van der Waals surface area contributed by atoms with E-state index < -0.39 is 0 Å². The Bertz CT molecular complexity index is 1210. The summed E-state index contributed by atoms with van der Waals surface area (Å²) in [6.07, 6.45) is 3.79. The van der Waals surface area contributed by atoms with Gasteiger partial charge in [0.2, 0.25) is 5.91 Å². The van der Waals surface area contributed by atoms with Gasteiger partial charge < -0.3 is 5.32 Å². The molecule has 4 rings (SSSR count). The number of carbonyl (C=O) groups is 1. The normalized spacial score (nSPS) is 11.2. The quantitative estimate of drug-likeness (QED) is 0.485. The molecule has 0 saturated carbocycles. The summed E-state index contributed by atoms with van der Waals surface area (Å²) >= 11 is 0. The Morgan fingerprint density at radius 3 is 2.47 bits per heavy atom. The number of aromatic nitrogens is 6. The molecule has 9 nitrogen and oxygen atoms in total. The van der Waals surface area contributed by atoms with Gasteiger partial charge in [-0.05, 0) is 46.0 Å². The van der Waals surface area contributed by atoms with E-state index in [1.807, 2.05) is 92.3 Å². The van der Waals surface area contributed by atoms with Crippen molar-refractivity contribution in [1.82, 2.24) is 34.4 Å². The first-order valence-electron chi connectivity index (χ1n) is 10.3. The van der Waals surface area contributed by atoms with Crippen molar-refractivity contribution < 1.29 is 4.79 Å². The summed E-state index contributed by atoms with van der Waals surface area (Å²) in [5.74, 6) is 0.837. The number of amides is 1. The van der Waals surface area contributed by atoms with Gasteiger partial charge in [-0.2, -0.15) is 14.9 Å². The number of likely N-dealkylation sites (N-methyl/N-ethyl adjacent to an activating group) is 1. The highest BCUT2D eigenvalue weighted by molar-refractivity contribution is 5.91. The molecule has 3 heterocycles. The number of rotatable bonds is 7. The Kier molecular flexibility index (Phi) is 6.09. The maximum atomic E-state index is 12.7. The van der Waals surface area contributed by atoms with Crippen molar-refractivity contribution in [3.63, 3.8) is 0 Å². The third-order valence-electron chi connectivity index (χ3n) is 4.78. The van der Waals surface area contributed by atoms with E-state index in [4.69, 9.17) is 0 Å². The first-order valence-corrected chi connectivity index (χ1v) is 10.3. The molecule has 32 heavy (non-hydrogen) atoms. The summed E-state index contributed by atoms with van der Waals surface area (Å²) in [5, 5.41) is 11.8. The standard InChI is InChI=1S/C23H26N8O/c1-16-10-17(2)26-23(25-16)31-21(11-18(3)28-31)27-22(32)15-29(4)13-19-12-24-30(14-19)20-8-6-5-7-9-20/h5-12,14H,13,15H2,1-4H3,(H,27,32). The van der Waals surface area contributed by atoms with Gasteiger partial charge in [-0.1, -0.05) is 18.2 Å². The van der Waals surface area contributed by atoms with E-state index in [1.165, 1.54) is 0 Å². The molecule has 0 bridgehead atoms. The van der Waals surface area contributed by atoms with Crippen molar-refractivity contribution in [3.05, 3.63) is 77.5 Å². The predicted molar refractivity (Wildman–Crippen MR) is 122 cm³/mol. The SMILES string of the molecule is Cc1cc(C)nc(-n2nc(C)cc2NC(=O)CN(C)Cc2cnn(-c3ccccc3)c2)n1. The zero-order valence-corrected chi connectivity index (χ0v) is 18.6. The van der Waals surface area contributed by atoms with Crippen molar-refractivity contribution in [2.24, 2.45) is 0 Å². The number of hydrogen-bond donors (Lipinski definition) is 1. The molecule has 0 atom stereocenters. The van der Waals surface area contributed by atoms with Crippen LogP contribution in [-0.2, 0) is 11.3 Å². The van der Waals surface area contributed by atoms with Crippen molar-refractivity contribution >= 4 is 11.7 Å². The van der Waals surface area contributed by atoms with Crippen molar-refractivity contribution in [3.8, 4) is 11.6 Å². The molecule has 0 saturated heterocycles. The fourth-order valence-electron chi connectivity index (χ4n) is 3.50. The molecule has 0 unspecified atom stereocenters. The Morgan fingerprint density at radius 2 is 1.75 bits per heavy atom. The Labute approximate surface area is 186 Å². The van der Waals surface area contributed by atoms with E-state index in [0.29, 0.717) is 18.3 Å². The van der Waals surface area contributed by atoms with Gasteiger partial charge >= 0.3 is 0 Å². The molecule has 3 aromatic heterocycles. The molecule has 0 spiro atoms. The fourth-order valence-corrected chi connectivity index (χ4v) is 3.50. The molecule has 0 fully saturated rings. The van der Waals surface area contributed by atoms with E-state index in [-0.39, 0.29) is 12.5 Å². The van der Waals surface area contributed by atoms with Crippen LogP contribution in [0.25, 0.3) is 11.6 Å². The van der Waals surface area contributed by atoms with Gasteiger partial charge in [-0.25, -0.2) is 14.6 Å². The number of nitrogens with one attached hydrogen (secondary N) is 1. The van der Waals surface area contributed by atoms with Gasteiger partial charge in [0.15, 0.2) is 0 Å². The maximum absolute atomic E-state index is 12.7. The molecular weight excluding hydrogens is 404 g/mol. The molecule has 9 heteroatoms. The number of para-hydroxylation sites is 1. The second kappa shape index (κ2) is 9.11. The van der Waals surface area contributed by atoms with Crippen LogP contribution in [0, 0.1) is 20.8 Å². The van der Waals surface area contributed by atoms with Gasteiger partial charge in [0.25, 0.3) is 5.95 Å². The average molecular weight is 431 g/mol. The van der Waals surface area contributed by atoms with E-state index >= 15 is 0 Å². The van der Waals surface area contributed by atoms with Crippen molar-refractivity contribution in [2.45, 2.75) is 27.3 Å². The van der Waals surface area contributed by atoms with Crippen LogP contribution in [0.1, 0.15) is 22.6 Å². The fraction of sp³-hybridized carbons (Fsp3) is 0.261. The summed E-state index contributed by atoms with van der Waals surface area (Å²) < 4.78 is 3.39. The van der Waals surface area contributed by atoms with Crippen molar-refractivity contribution in [1.29, 1.82) is 0 Å². The summed E-state index contributed by atoms with van der Waals surface area (Å²) in [6, 6.07) is 13.6. The number of nitrogens with zero attached hydrogens (tertiary/aromatic N) is 7. The minimum absolute atomic E-state index is 0.145. The van der Waals surface area contributed by atoms with E-state index in [0.717, 1.165) is 28.3 Å². The molecule has 164 valence electrons. The Balaban J connectivity index is 1.41. The number of hydrogen-bond acceptors (Lipinski definition) is 6. The largest absolute Gasteiger partial charge is 0.309 e. The average Bonchev–Trinajstić information content (AvgIpc) is 3.34. The Morgan fingerprint density at radius 1 is 1.03 bits per heavy atom. The zero-order valence-electron chi connectivity index (χ0n) is 18.6. The molecule has 1 aromatic carbocycles. The lowest BCUT2D eigenvalue weighted by Gasteiger charge is -2.15. The highest BCUT2D eigenvalue weighted by Gasteiger charge is 2.15. The van der Waals surface area contributed by atoms with E-state index in [2.05, 4.69) is 25.5 Å². The first-order chi connectivity index (χ1) is 15.4. The van der Waals surface area contributed by atoms with Gasteiger partial charge in [-0.15, -0.1) is 0 Å². The number of carbonyl (C=O) groups excluding carboxylic acids is 1. The van der Waals surface area contributed by atoms with Gasteiger partial charge in [0.05, 0.1) is 24.1 Å². The zero-order chi connectivity index (χ0) is 22.7. The summed E-state index contributed by atoms with van der Waals surface area (Å²) in [7, 11) is 1.90. The summed E-state index contributed by atoms with van der Waals surface area (Å²) in [5.41, 5.74) is 4.47.